The van der Waals surface area contributed by atoms with Gasteiger partial charge in [0.2, 0.25) is 0 Å². The van der Waals surface area contributed by atoms with Crippen molar-refractivity contribution in [1.82, 2.24) is 0 Å². The van der Waals surface area contributed by atoms with Crippen LogP contribution in [0.5, 0.6) is 0 Å². The molecule has 0 aliphatic rings. The Hall–Kier alpha value is -1.11. The monoisotopic (exact) mass is 260 g/mol. The second-order valence-corrected chi connectivity index (χ2v) is 6.63. The lowest BCUT2D eigenvalue weighted by atomic mass is 10.2. The topological polar surface area (TPSA) is 17.1 Å². The van der Waals surface area contributed by atoms with Crippen molar-refractivity contribution in [2.75, 3.05) is 5.49 Å². The maximum atomic E-state index is 10.6. The minimum Gasteiger partial charge on any atom is -0.298 e. The van der Waals surface area contributed by atoms with E-state index in [-0.39, 0.29) is 0 Å². The zero-order valence-corrected chi connectivity index (χ0v) is 11.1. The Bertz CT molecular complexity index is 481. The van der Waals surface area contributed by atoms with Crippen molar-refractivity contribution in [3.05, 3.63) is 60.2 Å². The van der Waals surface area contributed by atoms with Crippen molar-refractivity contribution in [2.24, 2.45) is 0 Å². The number of hydrogen-bond acceptors (Lipinski definition) is 2. The molecule has 0 spiro atoms. The summed E-state index contributed by atoms with van der Waals surface area (Å²) in [6.45, 7) is 0. The highest BCUT2D eigenvalue weighted by Crippen LogP contribution is 2.34. The summed E-state index contributed by atoms with van der Waals surface area (Å²) in [4.78, 5) is 10.6. The number of hydrogen-bond donors (Lipinski definition) is 1. The van der Waals surface area contributed by atoms with Crippen LogP contribution in [0, 0.1) is 0 Å². The van der Waals surface area contributed by atoms with E-state index >= 15 is 0 Å². The van der Waals surface area contributed by atoms with Crippen molar-refractivity contribution in [3.63, 3.8) is 0 Å². The van der Waals surface area contributed by atoms with Gasteiger partial charge in [-0.3, -0.25) is 4.79 Å². The summed E-state index contributed by atoms with van der Waals surface area (Å²) in [5.41, 5.74) is 1.54. The molecule has 86 valence electrons. The molecular weight excluding hydrogens is 247 g/mol. The molecule has 1 atom stereocenters. The van der Waals surface area contributed by atoms with Gasteiger partial charge in [-0.05, 0) is 18.5 Å². The van der Waals surface area contributed by atoms with Crippen LogP contribution in [0.2, 0.25) is 0 Å². The van der Waals surface area contributed by atoms with Crippen LogP contribution in [-0.4, -0.2) is 11.8 Å². The Kier molecular flexibility index (Phi) is 4.36. The molecule has 1 unspecified atom stereocenters. The molecule has 0 aromatic heterocycles. The first-order chi connectivity index (χ1) is 8.35. The lowest BCUT2D eigenvalue weighted by Gasteiger charge is -2.15. The Labute approximate surface area is 108 Å². The number of carbonyl (C=O) groups excluding carboxylic acids is 1. The van der Waals surface area contributed by atoms with Crippen molar-refractivity contribution in [1.29, 1.82) is 0 Å². The van der Waals surface area contributed by atoms with E-state index in [1.165, 1.54) is 10.6 Å². The second kappa shape index (κ2) is 6.00. The predicted octanol–water partition coefficient (Wildman–Crippen LogP) is 2.82. The third kappa shape index (κ3) is 2.96. The molecule has 17 heavy (non-hydrogen) atoms. The lowest BCUT2D eigenvalue weighted by Crippen LogP contribution is -2.12. The van der Waals surface area contributed by atoms with Crippen LogP contribution in [0.3, 0.4) is 0 Å². The van der Waals surface area contributed by atoms with E-state index in [0.29, 0.717) is 0 Å². The number of benzene rings is 2. The third-order valence-corrected chi connectivity index (χ3v) is 5.52. The molecule has 2 aromatic carbocycles. The fourth-order valence-electron chi connectivity index (χ4n) is 1.65. The van der Waals surface area contributed by atoms with Crippen LogP contribution >= 0.6 is 20.6 Å². The van der Waals surface area contributed by atoms with E-state index in [1.807, 2.05) is 42.5 Å². The van der Waals surface area contributed by atoms with Gasteiger partial charge in [0.25, 0.3) is 0 Å². The molecule has 0 aliphatic heterocycles. The predicted molar refractivity (Wildman–Crippen MR) is 78.3 cm³/mol. The summed E-state index contributed by atoms with van der Waals surface area (Å²) in [5.74, 6) is 0. The van der Waals surface area contributed by atoms with Gasteiger partial charge in [-0.1, -0.05) is 54.6 Å². The molecule has 0 fully saturated rings. The van der Waals surface area contributed by atoms with Crippen molar-refractivity contribution >= 4 is 37.4 Å². The summed E-state index contributed by atoms with van der Waals surface area (Å²) in [5, 5.41) is 2.57. The standard InChI is InChI=1S/C14H13OPS/c15-10-12-6-8-14(9-7-12)16(11-17)13-4-2-1-3-5-13/h1-10,17H,11H2. The molecule has 0 heterocycles. The fraction of sp³-hybridized carbons (Fsp3) is 0.0714. The summed E-state index contributed by atoms with van der Waals surface area (Å²) in [6, 6.07) is 18.2. The lowest BCUT2D eigenvalue weighted by molar-refractivity contribution is 0.112. The van der Waals surface area contributed by atoms with Gasteiger partial charge in [0.05, 0.1) is 0 Å². The molecule has 0 radical (unpaired) electrons. The first-order valence-corrected chi connectivity index (χ1v) is 7.50. The normalized spacial score (nSPS) is 12.1. The molecule has 0 saturated heterocycles. The molecule has 2 aromatic rings. The summed E-state index contributed by atoms with van der Waals surface area (Å²) in [7, 11) is -0.418. The van der Waals surface area contributed by atoms with E-state index in [1.54, 1.807) is 0 Å². The zero-order chi connectivity index (χ0) is 12.1. The van der Waals surface area contributed by atoms with Gasteiger partial charge in [0.1, 0.15) is 6.29 Å². The smallest absolute Gasteiger partial charge is 0.150 e. The van der Waals surface area contributed by atoms with Crippen LogP contribution in [-0.2, 0) is 0 Å². The molecule has 0 aliphatic carbocycles. The van der Waals surface area contributed by atoms with E-state index in [4.69, 9.17) is 0 Å². The van der Waals surface area contributed by atoms with Gasteiger partial charge >= 0.3 is 0 Å². The van der Waals surface area contributed by atoms with E-state index in [2.05, 4.69) is 24.8 Å². The average Bonchev–Trinajstić information content (AvgIpc) is 2.42. The molecule has 3 heteroatoms. The fourth-order valence-corrected chi connectivity index (χ4v) is 4.30. The SMILES string of the molecule is O=Cc1ccc(P(CS)c2ccccc2)cc1. The van der Waals surface area contributed by atoms with Crippen LogP contribution in [0.25, 0.3) is 0 Å². The minimum absolute atomic E-state index is 0.418. The minimum atomic E-state index is -0.418. The van der Waals surface area contributed by atoms with Crippen LogP contribution in [0.1, 0.15) is 10.4 Å². The van der Waals surface area contributed by atoms with Gasteiger partial charge in [-0.25, -0.2) is 0 Å². The Balaban J connectivity index is 2.32. The highest BCUT2D eigenvalue weighted by Gasteiger charge is 2.10. The first-order valence-electron chi connectivity index (χ1n) is 5.34. The number of aldehydes is 1. The van der Waals surface area contributed by atoms with E-state index in [9.17, 15) is 4.79 Å². The second-order valence-electron chi connectivity index (χ2n) is 3.61. The Morgan fingerprint density at radius 3 is 2.06 bits per heavy atom. The van der Waals surface area contributed by atoms with Crippen LogP contribution in [0.15, 0.2) is 54.6 Å². The van der Waals surface area contributed by atoms with Crippen molar-refractivity contribution in [3.8, 4) is 0 Å². The van der Waals surface area contributed by atoms with Crippen LogP contribution < -0.4 is 10.6 Å². The zero-order valence-electron chi connectivity index (χ0n) is 9.28. The van der Waals surface area contributed by atoms with Gasteiger partial charge in [-0.15, -0.1) is 0 Å². The van der Waals surface area contributed by atoms with Gasteiger partial charge in [0, 0.05) is 11.1 Å². The molecule has 1 nitrogen and oxygen atoms in total. The average molecular weight is 260 g/mol. The quantitative estimate of drug-likeness (QED) is 0.508. The van der Waals surface area contributed by atoms with E-state index in [0.717, 1.165) is 17.3 Å². The van der Waals surface area contributed by atoms with Gasteiger partial charge < -0.3 is 0 Å². The third-order valence-electron chi connectivity index (χ3n) is 2.55. The highest BCUT2D eigenvalue weighted by molar-refractivity contribution is 7.93. The number of rotatable bonds is 4. The van der Waals surface area contributed by atoms with Crippen LogP contribution in [0.4, 0.5) is 0 Å². The molecule has 0 N–H and O–H groups in total. The Morgan fingerprint density at radius 2 is 1.53 bits per heavy atom. The number of carbonyl (C=O) groups is 1. The maximum absolute atomic E-state index is 10.6. The molecule has 2 rings (SSSR count). The van der Waals surface area contributed by atoms with Crippen molar-refractivity contribution in [2.45, 2.75) is 0 Å². The molecule has 0 saturated carbocycles. The first kappa shape index (κ1) is 12.3. The maximum Gasteiger partial charge on any atom is 0.150 e. The largest absolute Gasteiger partial charge is 0.298 e. The summed E-state index contributed by atoms with van der Waals surface area (Å²) >= 11 is 4.45. The Morgan fingerprint density at radius 1 is 0.941 bits per heavy atom. The molecule has 0 amide bonds. The van der Waals surface area contributed by atoms with Crippen molar-refractivity contribution < 1.29 is 4.79 Å². The molecular formula is C14H13OPS. The van der Waals surface area contributed by atoms with Gasteiger partial charge in [0.15, 0.2) is 0 Å². The van der Waals surface area contributed by atoms with Gasteiger partial charge in [-0.2, -0.15) is 12.6 Å². The summed E-state index contributed by atoms with van der Waals surface area (Å²) < 4.78 is 0. The highest BCUT2D eigenvalue weighted by atomic mass is 32.1. The van der Waals surface area contributed by atoms with E-state index < -0.39 is 7.92 Å². The summed E-state index contributed by atoms with van der Waals surface area (Å²) in [6.07, 6.45) is 0.870. The number of thiol groups is 1. The molecule has 0 bridgehead atoms.